The summed E-state index contributed by atoms with van der Waals surface area (Å²) >= 11 is 0. The first-order valence-electron chi connectivity index (χ1n) is 7.73. The van der Waals surface area contributed by atoms with Gasteiger partial charge in [-0.1, -0.05) is 42.5 Å². The summed E-state index contributed by atoms with van der Waals surface area (Å²) in [5.74, 6) is 0.162. The molecule has 114 valence electrons. The van der Waals surface area contributed by atoms with Crippen LogP contribution in [0.2, 0.25) is 0 Å². The third kappa shape index (κ3) is 2.13. The number of likely N-dealkylation sites (N-methyl/N-ethyl adjacent to an activating group) is 1. The molecule has 0 aliphatic carbocycles. The van der Waals surface area contributed by atoms with E-state index >= 15 is 0 Å². The van der Waals surface area contributed by atoms with E-state index in [1.165, 1.54) is 0 Å². The average Bonchev–Trinajstić information content (AvgIpc) is 2.74. The third-order valence-electron chi connectivity index (χ3n) is 4.60. The van der Waals surface area contributed by atoms with Gasteiger partial charge < -0.3 is 10.6 Å². The van der Waals surface area contributed by atoms with Crippen molar-refractivity contribution in [1.82, 2.24) is 0 Å². The fraction of sp³-hybridized carbons (Fsp3) is 0.316. The molecule has 0 saturated heterocycles. The average molecular weight is 294 g/mol. The Morgan fingerprint density at radius 3 is 2.41 bits per heavy atom. The highest BCUT2D eigenvalue weighted by Gasteiger charge is 2.43. The number of anilines is 1. The lowest BCUT2D eigenvalue weighted by Gasteiger charge is -2.19. The number of nitrogens with zero attached hydrogens (tertiary/aromatic N) is 1. The molecule has 1 unspecified atom stereocenters. The second-order valence-corrected chi connectivity index (χ2v) is 6.34. The first-order valence-corrected chi connectivity index (χ1v) is 7.73. The van der Waals surface area contributed by atoms with Crippen LogP contribution in [0.5, 0.6) is 0 Å². The lowest BCUT2D eigenvalue weighted by atomic mass is 9.84. The van der Waals surface area contributed by atoms with Gasteiger partial charge in [-0.15, -0.1) is 0 Å². The minimum atomic E-state index is -0.488. The Kier molecular flexibility index (Phi) is 3.53. The molecule has 1 heterocycles. The van der Waals surface area contributed by atoms with Gasteiger partial charge in [0.05, 0.1) is 11.5 Å². The van der Waals surface area contributed by atoms with Crippen molar-refractivity contribution in [2.45, 2.75) is 32.2 Å². The predicted molar refractivity (Wildman–Crippen MR) is 90.0 cm³/mol. The van der Waals surface area contributed by atoms with E-state index < -0.39 is 5.41 Å². The summed E-state index contributed by atoms with van der Waals surface area (Å²) in [5, 5.41) is 0. The van der Waals surface area contributed by atoms with Crippen molar-refractivity contribution < 1.29 is 4.79 Å². The smallest absolute Gasteiger partial charge is 0.237 e. The van der Waals surface area contributed by atoms with Crippen LogP contribution >= 0.6 is 0 Å². The Balaban J connectivity index is 2.05. The lowest BCUT2D eigenvalue weighted by Crippen LogP contribution is -2.35. The Hall–Kier alpha value is -2.13. The predicted octanol–water partition coefficient (Wildman–Crippen LogP) is 3.38. The van der Waals surface area contributed by atoms with E-state index in [0.717, 1.165) is 22.4 Å². The molecule has 1 amide bonds. The summed E-state index contributed by atoms with van der Waals surface area (Å²) in [4.78, 5) is 14.4. The minimum Gasteiger partial charge on any atom is -0.320 e. The molecule has 0 spiro atoms. The topological polar surface area (TPSA) is 46.3 Å². The third-order valence-corrected chi connectivity index (χ3v) is 4.60. The van der Waals surface area contributed by atoms with Crippen LogP contribution in [-0.4, -0.2) is 12.5 Å². The van der Waals surface area contributed by atoms with Gasteiger partial charge in [0.1, 0.15) is 0 Å². The molecule has 3 heteroatoms. The van der Waals surface area contributed by atoms with Crippen molar-refractivity contribution in [2.75, 3.05) is 11.4 Å². The zero-order valence-electron chi connectivity index (χ0n) is 13.3. The number of rotatable bonds is 3. The zero-order chi connectivity index (χ0) is 15.9. The Labute approximate surface area is 131 Å². The second-order valence-electron chi connectivity index (χ2n) is 6.34. The van der Waals surface area contributed by atoms with E-state index in [0.29, 0.717) is 6.54 Å². The molecule has 2 N–H and O–H groups in total. The monoisotopic (exact) mass is 294 g/mol. The largest absolute Gasteiger partial charge is 0.320 e. The molecule has 0 radical (unpaired) electrons. The minimum absolute atomic E-state index is 0.162. The number of fused-ring (bicyclic) bond motifs is 1. The number of hydrogen-bond acceptors (Lipinski definition) is 2. The maximum atomic E-state index is 12.6. The normalized spacial score (nSPS) is 17.5. The van der Waals surface area contributed by atoms with Crippen molar-refractivity contribution in [1.29, 1.82) is 0 Å². The quantitative estimate of drug-likeness (QED) is 0.943. The molecule has 1 aliphatic heterocycles. The van der Waals surface area contributed by atoms with Crippen LogP contribution < -0.4 is 10.6 Å². The fourth-order valence-corrected chi connectivity index (χ4v) is 3.21. The maximum Gasteiger partial charge on any atom is 0.237 e. The molecule has 22 heavy (non-hydrogen) atoms. The SMILES string of the molecule is CCN1C(=O)C(C)(C)c2cc(C(N)c3ccccc3)ccc21. The van der Waals surface area contributed by atoms with Crippen molar-refractivity contribution >= 4 is 11.6 Å². The molecule has 0 saturated carbocycles. The number of nitrogens with two attached hydrogens (primary N) is 1. The highest BCUT2D eigenvalue weighted by Crippen LogP contribution is 2.42. The van der Waals surface area contributed by atoms with Crippen LogP contribution in [-0.2, 0) is 10.2 Å². The van der Waals surface area contributed by atoms with Gasteiger partial charge in [-0.3, -0.25) is 4.79 Å². The Morgan fingerprint density at radius 2 is 1.77 bits per heavy atom. The second kappa shape index (κ2) is 5.25. The molecule has 2 aromatic rings. The Bertz CT molecular complexity index is 707. The molecule has 1 aliphatic rings. The van der Waals surface area contributed by atoms with Gasteiger partial charge in [-0.25, -0.2) is 0 Å². The molecular weight excluding hydrogens is 272 g/mol. The van der Waals surface area contributed by atoms with E-state index in [1.54, 1.807) is 0 Å². The summed E-state index contributed by atoms with van der Waals surface area (Å²) in [6.07, 6.45) is 0. The highest BCUT2D eigenvalue weighted by atomic mass is 16.2. The van der Waals surface area contributed by atoms with Crippen LogP contribution in [0, 0.1) is 0 Å². The molecule has 1 atom stereocenters. The van der Waals surface area contributed by atoms with Gasteiger partial charge in [0.15, 0.2) is 0 Å². The molecule has 0 aromatic heterocycles. The van der Waals surface area contributed by atoms with Crippen LogP contribution in [0.4, 0.5) is 5.69 Å². The molecular formula is C19H22N2O. The van der Waals surface area contributed by atoms with Gasteiger partial charge in [0, 0.05) is 12.2 Å². The van der Waals surface area contributed by atoms with E-state index in [9.17, 15) is 4.79 Å². The number of hydrogen-bond donors (Lipinski definition) is 1. The summed E-state index contributed by atoms with van der Waals surface area (Å²) in [6.45, 7) is 6.68. The van der Waals surface area contributed by atoms with E-state index in [-0.39, 0.29) is 11.9 Å². The number of benzene rings is 2. The van der Waals surface area contributed by atoms with Gasteiger partial charge >= 0.3 is 0 Å². The van der Waals surface area contributed by atoms with Gasteiger partial charge in [-0.05, 0) is 43.5 Å². The van der Waals surface area contributed by atoms with Crippen LogP contribution in [0.3, 0.4) is 0 Å². The summed E-state index contributed by atoms with van der Waals surface area (Å²) in [5.41, 5.74) is 10.1. The standard InChI is InChI=1S/C19H22N2O/c1-4-21-16-11-10-14(12-15(16)19(2,3)18(21)22)17(20)13-8-6-5-7-9-13/h5-12,17H,4,20H2,1-3H3. The van der Waals surface area contributed by atoms with E-state index in [1.807, 2.05) is 68.1 Å². The molecule has 0 bridgehead atoms. The summed E-state index contributed by atoms with van der Waals surface area (Å²) in [7, 11) is 0. The fourth-order valence-electron chi connectivity index (χ4n) is 3.21. The van der Waals surface area contributed by atoms with Gasteiger partial charge in [0.2, 0.25) is 5.91 Å². The molecule has 3 rings (SSSR count). The van der Waals surface area contributed by atoms with Crippen LogP contribution in [0.1, 0.15) is 43.5 Å². The van der Waals surface area contributed by atoms with E-state index in [4.69, 9.17) is 5.73 Å². The van der Waals surface area contributed by atoms with Gasteiger partial charge in [0.25, 0.3) is 0 Å². The zero-order valence-corrected chi connectivity index (χ0v) is 13.3. The first kappa shape index (κ1) is 14.8. The van der Waals surface area contributed by atoms with Crippen molar-refractivity contribution in [3.05, 3.63) is 65.2 Å². The van der Waals surface area contributed by atoms with Crippen LogP contribution in [0.15, 0.2) is 48.5 Å². The molecule has 3 nitrogen and oxygen atoms in total. The molecule has 2 aromatic carbocycles. The number of amides is 1. The summed E-state index contributed by atoms with van der Waals surface area (Å²) < 4.78 is 0. The lowest BCUT2D eigenvalue weighted by molar-refractivity contribution is -0.122. The first-order chi connectivity index (χ1) is 10.5. The van der Waals surface area contributed by atoms with Gasteiger partial charge in [-0.2, -0.15) is 0 Å². The molecule has 0 fully saturated rings. The number of carbonyl (C=O) groups is 1. The Morgan fingerprint density at radius 1 is 1.09 bits per heavy atom. The van der Waals surface area contributed by atoms with Crippen molar-refractivity contribution in [3.63, 3.8) is 0 Å². The van der Waals surface area contributed by atoms with Crippen molar-refractivity contribution in [2.24, 2.45) is 5.73 Å². The maximum absolute atomic E-state index is 12.6. The van der Waals surface area contributed by atoms with E-state index in [2.05, 4.69) is 6.07 Å². The number of carbonyl (C=O) groups excluding carboxylic acids is 1. The highest BCUT2D eigenvalue weighted by molar-refractivity contribution is 6.07. The van der Waals surface area contributed by atoms with Crippen LogP contribution in [0.25, 0.3) is 0 Å². The summed E-state index contributed by atoms with van der Waals surface area (Å²) in [6, 6.07) is 16.0. The van der Waals surface area contributed by atoms with Crippen molar-refractivity contribution in [3.8, 4) is 0 Å².